The van der Waals surface area contributed by atoms with E-state index in [0.717, 1.165) is 18.2 Å². The summed E-state index contributed by atoms with van der Waals surface area (Å²) >= 11 is 0. The number of benzene rings is 3. The average molecular weight is 446 g/mol. The minimum absolute atomic E-state index is 0.316. The first-order valence-electron chi connectivity index (χ1n) is 9.74. The Bertz CT molecular complexity index is 1490. The molecule has 2 heterocycles. The van der Waals surface area contributed by atoms with Crippen molar-refractivity contribution in [2.45, 2.75) is 24.4 Å². The Kier molecular flexibility index (Phi) is 3.67. The molecule has 1 aliphatic carbocycles. The van der Waals surface area contributed by atoms with Gasteiger partial charge in [0.15, 0.2) is 0 Å². The van der Waals surface area contributed by atoms with E-state index in [1.807, 2.05) is 0 Å². The number of rotatable bonds is 0. The SMILES string of the molecule is FC(F)(F)C1=CC2c3ccc4c(ccc5c6cc(C(F)(F)F)ccc6oc45)c3OC2C=C1. The highest BCUT2D eigenvalue weighted by Crippen LogP contribution is 2.49. The molecule has 3 aromatic carbocycles. The molecular formula is C24H12F6O2. The van der Waals surface area contributed by atoms with Gasteiger partial charge in [-0.25, -0.2) is 0 Å². The highest BCUT2D eigenvalue weighted by molar-refractivity contribution is 6.16. The minimum atomic E-state index is -4.48. The van der Waals surface area contributed by atoms with Crippen molar-refractivity contribution in [3.8, 4) is 5.75 Å². The van der Waals surface area contributed by atoms with E-state index >= 15 is 0 Å². The van der Waals surface area contributed by atoms with Crippen LogP contribution in [0.3, 0.4) is 0 Å². The summed E-state index contributed by atoms with van der Waals surface area (Å²) in [6, 6.07) is 10.1. The maximum absolute atomic E-state index is 13.2. The molecule has 0 radical (unpaired) electrons. The molecule has 4 aromatic rings. The molecule has 162 valence electrons. The van der Waals surface area contributed by atoms with Gasteiger partial charge in [0.2, 0.25) is 0 Å². The topological polar surface area (TPSA) is 22.4 Å². The van der Waals surface area contributed by atoms with Crippen molar-refractivity contribution in [3.05, 3.63) is 77.4 Å². The van der Waals surface area contributed by atoms with Crippen molar-refractivity contribution >= 4 is 32.7 Å². The van der Waals surface area contributed by atoms with E-state index in [-0.39, 0.29) is 0 Å². The zero-order valence-corrected chi connectivity index (χ0v) is 16.0. The number of fused-ring (bicyclic) bond motifs is 9. The second-order valence-electron chi connectivity index (χ2n) is 7.92. The molecule has 0 spiro atoms. The van der Waals surface area contributed by atoms with Gasteiger partial charge >= 0.3 is 12.4 Å². The lowest BCUT2D eigenvalue weighted by Crippen LogP contribution is -2.21. The molecule has 6 rings (SSSR count). The van der Waals surface area contributed by atoms with E-state index in [9.17, 15) is 26.3 Å². The molecule has 2 unspecified atom stereocenters. The summed E-state index contributed by atoms with van der Waals surface area (Å²) in [4.78, 5) is 0. The molecule has 32 heavy (non-hydrogen) atoms. The minimum Gasteiger partial charge on any atom is -0.484 e. The quantitative estimate of drug-likeness (QED) is 0.259. The zero-order chi connectivity index (χ0) is 22.4. The first kappa shape index (κ1) is 19.3. The molecule has 8 heteroatoms. The lowest BCUT2D eigenvalue weighted by molar-refractivity contribution is -0.137. The van der Waals surface area contributed by atoms with Crippen LogP contribution in [0.2, 0.25) is 0 Å². The summed E-state index contributed by atoms with van der Waals surface area (Å²) in [7, 11) is 0. The molecule has 0 saturated heterocycles. The van der Waals surface area contributed by atoms with Gasteiger partial charge in [0, 0.05) is 33.0 Å². The average Bonchev–Trinajstić information content (AvgIpc) is 3.29. The lowest BCUT2D eigenvalue weighted by Gasteiger charge is -2.19. The fourth-order valence-corrected chi connectivity index (χ4v) is 4.57. The summed E-state index contributed by atoms with van der Waals surface area (Å²) < 4.78 is 90.8. The lowest BCUT2D eigenvalue weighted by atomic mass is 9.88. The predicted molar refractivity (Wildman–Crippen MR) is 107 cm³/mol. The van der Waals surface area contributed by atoms with E-state index in [0.29, 0.717) is 44.0 Å². The number of hydrogen-bond acceptors (Lipinski definition) is 2. The van der Waals surface area contributed by atoms with Gasteiger partial charge in [0.05, 0.1) is 11.1 Å². The molecule has 2 atom stereocenters. The summed E-state index contributed by atoms with van der Waals surface area (Å²) in [5, 5.41) is 2.11. The third kappa shape index (κ3) is 2.68. The molecule has 0 amide bonds. The Morgan fingerprint density at radius 1 is 0.750 bits per heavy atom. The maximum Gasteiger partial charge on any atom is 0.416 e. The van der Waals surface area contributed by atoms with E-state index in [1.54, 1.807) is 24.3 Å². The van der Waals surface area contributed by atoms with E-state index in [2.05, 4.69) is 0 Å². The van der Waals surface area contributed by atoms with Crippen molar-refractivity contribution in [2.75, 3.05) is 0 Å². The third-order valence-electron chi connectivity index (χ3n) is 6.06. The second-order valence-corrected chi connectivity index (χ2v) is 7.92. The van der Waals surface area contributed by atoms with Gasteiger partial charge in [-0.1, -0.05) is 24.3 Å². The van der Waals surface area contributed by atoms with Gasteiger partial charge in [-0.2, -0.15) is 26.3 Å². The molecule has 1 aliphatic heterocycles. The van der Waals surface area contributed by atoms with Gasteiger partial charge in [-0.3, -0.25) is 0 Å². The molecule has 0 fully saturated rings. The van der Waals surface area contributed by atoms with Crippen LogP contribution in [0.5, 0.6) is 5.75 Å². The molecule has 0 saturated carbocycles. The van der Waals surface area contributed by atoms with Crippen LogP contribution in [-0.4, -0.2) is 12.3 Å². The van der Waals surface area contributed by atoms with Gasteiger partial charge < -0.3 is 9.15 Å². The standard InChI is InChI=1S/C24H12F6O2/c25-23(26,27)11-1-7-19-17(9-11)15-5-3-14-13(21(15)31-19)4-6-16-18-10-12(24(28,29)30)2-8-20(18)32-22(14)16/h1-10,17,19H. The van der Waals surface area contributed by atoms with Crippen molar-refractivity contribution in [3.63, 3.8) is 0 Å². The summed E-state index contributed by atoms with van der Waals surface area (Å²) in [6.07, 6.45) is -5.89. The summed E-state index contributed by atoms with van der Waals surface area (Å²) in [5.41, 5.74) is -0.142. The van der Waals surface area contributed by atoms with Gasteiger partial charge in [0.25, 0.3) is 0 Å². The summed E-state index contributed by atoms with van der Waals surface area (Å²) in [6.45, 7) is 0. The Morgan fingerprint density at radius 2 is 1.47 bits per heavy atom. The Hall–Kier alpha value is -3.42. The normalized spacial score (nSPS) is 20.5. The van der Waals surface area contributed by atoms with E-state index < -0.39 is 35.5 Å². The van der Waals surface area contributed by atoms with Gasteiger partial charge in [0.1, 0.15) is 23.0 Å². The number of furan rings is 1. The van der Waals surface area contributed by atoms with Crippen molar-refractivity contribution in [2.24, 2.45) is 0 Å². The Morgan fingerprint density at radius 3 is 2.22 bits per heavy atom. The molecule has 1 aromatic heterocycles. The molecule has 2 aliphatic rings. The van der Waals surface area contributed by atoms with Crippen LogP contribution in [0.4, 0.5) is 26.3 Å². The van der Waals surface area contributed by atoms with Crippen LogP contribution < -0.4 is 4.74 Å². The van der Waals surface area contributed by atoms with Crippen LogP contribution in [0, 0.1) is 0 Å². The Balaban J connectivity index is 1.54. The van der Waals surface area contributed by atoms with Gasteiger partial charge in [-0.05, 0) is 36.4 Å². The second kappa shape index (κ2) is 6.09. The maximum atomic E-state index is 13.2. The zero-order valence-electron chi connectivity index (χ0n) is 16.0. The fourth-order valence-electron chi connectivity index (χ4n) is 4.57. The smallest absolute Gasteiger partial charge is 0.416 e. The van der Waals surface area contributed by atoms with Crippen LogP contribution in [-0.2, 0) is 6.18 Å². The van der Waals surface area contributed by atoms with Crippen LogP contribution in [0.1, 0.15) is 17.0 Å². The van der Waals surface area contributed by atoms with Gasteiger partial charge in [-0.15, -0.1) is 0 Å². The van der Waals surface area contributed by atoms with Crippen molar-refractivity contribution < 1.29 is 35.5 Å². The molecular weight excluding hydrogens is 434 g/mol. The Labute approximate surface area is 176 Å². The van der Waals surface area contributed by atoms with Crippen molar-refractivity contribution in [1.29, 1.82) is 0 Å². The highest BCUT2D eigenvalue weighted by atomic mass is 19.4. The largest absolute Gasteiger partial charge is 0.484 e. The first-order chi connectivity index (χ1) is 15.1. The van der Waals surface area contributed by atoms with Crippen molar-refractivity contribution in [1.82, 2.24) is 0 Å². The van der Waals surface area contributed by atoms with Crippen LogP contribution in [0.15, 0.2) is 70.7 Å². The molecule has 0 N–H and O–H groups in total. The highest BCUT2D eigenvalue weighted by Gasteiger charge is 2.40. The van der Waals surface area contributed by atoms with Crippen LogP contribution in [0.25, 0.3) is 32.7 Å². The number of halogens is 6. The number of ether oxygens (including phenoxy) is 1. The third-order valence-corrected chi connectivity index (χ3v) is 6.06. The van der Waals surface area contributed by atoms with E-state index in [4.69, 9.17) is 9.15 Å². The summed E-state index contributed by atoms with van der Waals surface area (Å²) in [5.74, 6) is -0.114. The monoisotopic (exact) mass is 446 g/mol. The molecule has 0 bridgehead atoms. The number of allylic oxidation sites excluding steroid dienone is 2. The first-order valence-corrected chi connectivity index (χ1v) is 9.74. The number of hydrogen-bond donors (Lipinski definition) is 0. The fraction of sp³-hybridized carbons (Fsp3) is 0.167. The number of alkyl halides is 6. The predicted octanol–water partition coefficient (Wildman–Crippen LogP) is 7.66. The van der Waals surface area contributed by atoms with Crippen LogP contribution >= 0.6 is 0 Å². The van der Waals surface area contributed by atoms with E-state index in [1.165, 1.54) is 18.2 Å². The molecule has 2 nitrogen and oxygen atoms in total.